The molecule has 2 nitrogen and oxygen atoms in total. The van der Waals surface area contributed by atoms with Crippen LogP contribution in [-0.2, 0) is 11.2 Å². The summed E-state index contributed by atoms with van der Waals surface area (Å²) in [6.07, 6.45) is 5.33. The summed E-state index contributed by atoms with van der Waals surface area (Å²) in [4.78, 5) is 0. The van der Waals surface area contributed by atoms with Crippen LogP contribution in [0.3, 0.4) is 0 Å². The quantitative estimate of drug-likeness (QED) is 0.847. The molecule has 94 valence electrons. The van der Waals surface area contributed by atoms with Crippen molar-refractivity contribution in [2.45, 2.75) is 57.8 Å². The number of hydrogen-bond donors (Lipinski definition) is 1. The van der Waals surface area contributed by atoms with Crippen LogP contribution in [0.4, 0.5) is 0 Å². The van der Waals surface area contributed by atoms with Gasteiger partial charge in [0, 0.05) is 0 Å². The molecule has 17 heavy (non-hydrogen) atoms. The third kappa shape index (κ3) is 3.08. The largest absolute Gasteiger partial charge is 0.373 e. The van der Waals surface area contributed by atoms with E-state index in [9.17, 15) is 0 Å². The number of benzene rings is 1. The van der Waals surface area contributed by atoms with Gasteiger partial charge in [0.05, 0.1) is 18.2 Å². The predicted octanol–water partition coefficient (Wildman–Crippen LogP) is 3.21. The molecule has 0 heterocycles. The Hall–Kier alpha value is -0.860. The second-order valence-electron chi connectivity index (χ2n) is 5.02. The molecule has 0 aliphatic heterocycles. The Labute approximate surface area is 104 Å². The summed E-state index contributed by atoms with van der Waals surface area (Å²) in [5, 5.41) is 0. The number of nitrogens with two attached hydrogens (primary N) is 1. The molecule has 0 amide bonds. The van der Waals surface area contributed by atoms with Crippen LogP contribution in [0.5, 0.6) is 0 Å². The van der Waals surface area contributed by atoms with E-state index in [-0.39, 0.29) is 12.1 Å². The maximum absolute atomic E-state index is 6.23. The molecule has 2 rings (SSSR count). The van der Waals surface area contributed by atoms with Crippen molar-refractivity contribution in [2.75, 3.05) is 0 Å². The Balaban J connectivity index is 1.94. The Kier molecular flexibility index (Phi) is 4.19. The topological polar surface area (TPSA) is 35.2 Å². The molecule has 0 spiro atoms. The van der Waals surface area contributed by atoms with Crippen LogP contribution in [0, 0.1) is 0 Å². The molecule has 1 aromatic rings. The highest BCUT2D eigenvalue weighted by Crippen LogP contribution is 2.26. The molecule has 1 saturated carbocycles. The molecule has 1 aliphatic carbocycles. The van der Waals surface area contributed by atoms with Gasteiger partial charge in [-0.2, -0.15) is 0 Å². The number of aryl methyl sites for hydroxylation is 1. The molecule has 1 aromatic carbocycles. The van der Waals surface area contributed by atoms with Gasteiger partial charge in [-0.1, -0.05) is 31.2 Å². The van der Waals surface area contributed by atoms with Gasteiger partial charge in [-0.15, -0.1) is 0 Å². The molecule has 2 atom stereocenters. The summed E-state index contributed by atoms with van der Waals surface area (Å²) >= 11 is 0. The number of rotatable bonds is 5. The van der Waals surface area contributed by atoms with E-state index < -0.39 is 0 Å². The Morgan fingerprint density at radius 3 is 2.41 bits per heavy atom. The van der Waals surface area contributed by atoms with Crippen LogP contribution in [0.2, 0.25) is 0 Å². The van der Waals surface area contributed by atoms with Gasteiger partial charge in [0.2, 0.25) is 0 Å². The number of ether oxygens (including phenoxy) is 1. The zero-order valence-electron chi connectivity index (χ0n) is 10.9. The second-order valence-corrected chi connectivity index (χ2v) is 5.02. The van der Waals surface area contributed by atoms with Crippen molar-refractivity contribution >= 4 is 0 Å². The average Bonchev–Trinajstić information content (AvgIpc) is 2.32. The SMILES string of the molecule is CCc1ccc(C(N)C(C)OC2CCC2)cc1. The highest BCUT2D eigenvalue weighted by molar-refractivity contribution is 5.25. The Morgan fingerprint density at radius 2 is 1.94 bits per heavy atom. The summed E-state index contributed by atoms with van der Waals surface area (Å²) in [5.41, 5.74) is 8.76. The fraction of sp³-hybridized carbons (Fsp3) is 0.600. The Morgan fingerprint density at radius 1 is 1.29 bits per heavy atom. The van der Waals surface area contributed by atoms with Crippen LogP contribution in [0.1, 0.15) is 50.3 Å². The standard InChI is InChI=1S/C15H23NO/c1-3-12-7-9-13(10-8-12)15(16)11(2)17-14-5-4-6-14/h7-11,14-15H,3-6,16H2,1-2H3. The fourth-order valence-electron chi connectivity index (χ4n) is 2.14. The molecule has 1 aliphatic rings. The molecular formula is C15H23NO. The van der Waals surface area contributed by atoms with Crippen molar-refractivity contribution in [1.29, 1.82) is 0 Å². The molecule has 0 aromatic heterocycles. The monoisotopic (exact) mass is 233 g/mol. The van der Waals surface area contributed by atoms with Gasteiger partial charge in [-0.05, 0) is 43.7 Å². The lowest BCUT2D eigenvalue weighted by Crippen LogP contribution is -2.33. The van der Waals surface area contributed by atoms with E-state index >= 15 is 0 Å². The number of hydrogen-bond acceptors (Lipinski definition) is 2. The summed E-state index contributed by atoms with van der Waals surface area (Å²) < 4.78 is 5.93. The fourth-order valence-corrected chi connectivity index (χ4v) is 2.14. The lowest BCUT2D eigenvalue weighted by Gasteiger charge is -2.31. The zero-order valence-corrected chi connectivity index (χ0v) is 10.9. The van der Waals surface area contributed by atoms with Gasteiger partial charge >= 0.3 is 0 Å². The highest BCUT2D eigenvalue weighted by atomic mass is 16.5. The molecule has 2 unspecified atom stereocenters. The van der Waals surface area contributed by atoms with E-state index in [4.69, 9.17) is 10.5 Å². The third-order valence-electron chi connectivity index (χ3n) is 3.74. The van der Waals surface area contributed by atoms with E-state index in [1.165, 1.54) is 30.4 Å². The molecule has 2 N–H and O–H groups in total. The van der Waals surface area contributed by atoms with Crippen molar-refractivity contribution < 1.29 is 4.74 Å². The minimum Gasteiger partial charge on any atom is -0.373 e. The minimum atomic E-state index is -0.0125. The first-order valence-corrected chi connectivity index (χ1v) is 6.70. The maximum atomic E-state index is 6.23. The van der Waals surface area contributed by atoms with Crippen LogP contribution in [-0.4, -0.2) is 12.2 Å². The van der Waals surface area contributed by atoms with E-state index in [0.29, 0.717) is 6.10 Å². The Bertz CT molecular complexity index is 342. The van der Waals surface area contributed by atoms with Crippen LogP contribution in [0.15, 0.2) is 24.3 Å². The van der Waals surface area contributed by atoms with Gasteiger partial charge < -0.3 is 10.5 Å². The smallest absolute Gasteiger partial charge is 0.0743 e. The highest BCUT2D eigenvalue weighted by Gasteiger charge is 2.24. The van der Waals surface area contributed by atoms with Crippen molar-refractivity contribution in [2.24, 2.45) is 5.73 Å². The molecule has 0 saturated heterocycles. The molecule has 1 fully saturated rings. The lowest BCUT2D eigenvalue weighted by atomic mass is 9.95. The van der Waals surface area contributed by atoms with Crippen molar-refractivity contribution in [3.05, 3.63) is 35.4 Å². The van der Waals surface area contributed by atoms with Gasteiger partial charge in [-0.3, -0.25) is 0 Å². The normalized spacial score (nSPS) is 19.7. The first kappa shape index (κ1) is 12.6. The molecular weight excluding hydrogens is 210 g/mol. The second kappa shape index (κ2) is 5.65. The predicted molar refractivity (Wildman–Crippen MR) is 70.9 cm³/mol. The van der Waals surface area contributed by atoms with Crippen LogP contribution >= 0.6 is 0 Å². The molecule has 0 radical (unpaired) electrons. The van der Waals surface area contributed by atoms with Crippen molar-refractivity contribution in [3.8, 4) is 0 Å². The summed E-state index contributed by atoms with van der Waals surface area (Å²) in [5.74, 6) is 0. The summed E-state index contributed by atoms with van der Waals surface area (Å²) in [6.45, 7) is 4.24. The van der Waals surface area contributed by atoms with Crippen molar-refractivity contribution in [3.63, 3.8) is 0 Å². The van der Waals surface area contributed by atoms with E-state index in [2.05, 4.69) is 38.1 Å². The summed E-state index contributed by atoms with van der Waals surface area (Å²) in [7, 11) is 0. The van der Waals surface area contributed by atoms with Crippen LogP contribution in [0.25, 0.3) is 0 Å². The van der Waals surface area contributed by atoms with Gasteiger partial charge in [0.1, 0.15) is 0 Å². The van der Waals surface area contributed by atoms with Crippen LogP contribution < -0.4 is 5.73 Å². The average molecular weight is 233 g/mol. The lowest BCUT2D eigenvalue weighted by molar-refractivity contribution is -0.0532. The first-order chi connectivity index (χ1) is 8.20. The summed E-state index contributed by atoms with van der Waals surface area (Å²) in [6, 6.07) is 8.56. The van der Waals surface area contributed by atoms with Crippen molar-refractivity contribution in [1.82, 2.24) is 0 Å². The van der Waals surface area contributed by atoms with E-state index in [0.717, 1.165) is 6.42 Å². The van der Waals surface area contributed by atoms with E-state index in [1.807, 2.05) is 0 Å². The third-order valence-corrected chi connectivity index (χ3v) is 3.74. The van der Waals surface area contributed by atoms with E-state index in [1.54, 1.807) is 0 Å². The van der Waals surface area contributed by atoms with Gasteiger partial charge in [0.25, 0.3) is 0 Å². The molecule has 2 heteroatoms. The van der Waals surface area contributed by atoms with Gasteiger partial charge in [-0.25, -0.2) is 0 Å². The zero-order chi connectivity index (χ0) is 12.3. The first-order valence-electron chi connectivity index (χ1n) is 6.70. The minimum absolute atomic E-state index is 0.0125. The maximum Gasteiger partial charge on any atom is 0.0743 e. The van der Waals surface area contributed by atoms with Gasteiger partial charge in [0.15, 0.2) is 0 Å². The molecule has 0 bridgehead atoms.